The Labute approximate surface area is 159 Å². The Morgan fingerprint density at radius 3 is 2.41 bits per heavy atom. The Morgan fingerprint density at radius 1 is 1.15 bits per heavy atom. The van der Waals surface area contributed by atoms with Gasteiger partial charge in [0.25, 0.3) is 0 Å². The summed E-state index contributed by atoms with van der Waals surface area (Å²) in [5.41, 5.74) is 1.21. The lowest BCUT2D eigenvalue weighted by Crippen LogP contribution is -2.23. The molecular weight excluding hydrogens is 371 g/mol. The SMILES string of the molecule is CCOc1ccc(NC(=O)CCc2ccc(F)cc2)cc1S(=O)(=O)N(C)C. The molecular formula is C19H23FN2O4S. The lowest BCUT2D eigenvalue weighted by molar-refractivity contribution is -0.116. The van der Waals surface area contributed by atoms with E-state index in [1.807, 2.05) is 0 Å². The zero-order chi connectivity index (χ0) is 20.0. The fourth-order valence-corrected chi connectivity index (χ4v) is 3.44. The number of sulfonamides is 1. The van der Waals surface area contributed by atoms with E-state index in [2.05, 4.69) is 5.32 Å². The predicted octanol–water partition coefficient (Wildman–Crippen LogP) is 3.05. The van der Waals surface area contributed by atoms with E-state index in [9.17, 15) is 17.6 Å². The third-order valence-electron chi connectivity index (χ3n) is 3.84. The average Bonchev–Trinajstić information content (AvgIpc) is 2.62. The average molecular weight is 394 g/mol. The summed E-state index contributed by atoms with van der Waals surface area (Å²) in [6.45, 7) is 2.08. The van der Waals surface area contributed by atoms with Gasteiger partial charge < -0.3 is 10.1 Å². The number of carbonyl (C=O) groups is 1. The van der Waals surface area contributed by atoms with Crippen LogP contribution in [0, 0.1) is 5.82 Å². The number of hydrogen-bond acceptors (Lipinski definition) is 4. The fourth-order valence-electron chi connectivity index (χ4n) is 2.39. The van der Waals surface area contributed by atoms with Crippen molar-refractivity contribution in [3.8, 4) is 5.75 Å². The molecule has 146 valence electrons. The second-order valence-electron chi connectivity index (χ2n) is 6.06. The molecule has 1 N–H and O–H groups in total. The molecule has 0 heterocycles. The smallest absolute Gasteiger partial charge is 0.246 e. The van der Waals surface area contributed by atoms with Crippen molar-refractivity contribution >= 4 is 21.6 Å². The third-order valence-corrected chi connectivity index (χ3v) is 5.68. The van der Waals surface area contributed by atoms with Gasteiger partial charge in [-0.15, -0.1) is 0 Å². The van der Waals surface area contributed by atoms with Crippen LogP contribution in [0.1, 0.15) is 18.9 Å². The van der Waals surface area contributed by atoms with Crippen LogP contribution in [-0.2, 0) is 21.2 Å². The number of aryl methyl sites for hydroxylation is 1. The molecule has 2 aromatic rings. The number of nitrogens with zero attached hydrogens (tertiary/aromatic N) is 1. The first-order valence-electron chi connectivity index (χ1n) is 8.47. The molecule has 0 aliphatic carbocycles. The highest BCUT2D eigenvalue weighted by Crippen LogP contribution is 2.29. The summed E-state index contributed by atoms with van der Waals surface area (Å²) in [5, 5.41) is 2.69. The Balaban J connectivity index is 2.13. The summed E-state index contributed by atoms with van der Waals surface area (Å²) in [5.74, 6) is -0.362. The van der Waals surface area contributed by atoms with Crippen LogP contribution in [0.3, 0.4) is 0 Å². The van der Waals surface area contributed by atoms with Gasteiger partial charge in [-0.05, 0) is 49.2 Å². The lowest BCUT2D eigenvalue weighted by Gasteiger charge is -2.16. The largest absolute Gasteiger partial charge is 0.492 e. The van der Waals surface area contributed by atoms with Gasteiger partial charge in [-0.1, -0.05) is 12.1 Å². The molecule has 2 rings (SSSR count). The Bertz CT molecular complexity index is 896. The van der Waals surface area contributed by atoms with E-state index in [0.29, 0.717) is 18.7 Å². The molecule has 0 saturated carbocycles. The lowest BCUT2D eigenvalue weighted by atomic mass is 10.1. The normalized spacial score (nSPS) is 11.4. The quantitative estimate of drug-likeness (QED) is 0.747. The van der Waals surface area contributed by atoms with Crippen molar-refractivity contribution in [3.05, 3.63) is 53.8 Å². The van der Waals surface area contributed by atoms with E-state index in [1.165, 1.54) is 38.4 Å². The molecule has 0 saturated heterocycles. The van der Waals surface area contributed by atoms with Crippen molar-refractivity contribution in [2.75, 3.05) is 26.0 Å². The number of ether oxygens (including phenoxy) is 1. The number of hydrogen-bond donors (Lipinski definition) is 1. The summed E-state index contributed by atoms with van der Waals surface area (Å²) < 4.78 is 44.4. The van der Waals surface area contributed by atoms with Gasteiger partial charge in [0, 0.05) is 26.2 Å². The van der Waals surface area contributed by atoms with Crippen LogP contribution >= 0.6 is 0 Å². The second-order valence-corrected chi connectivity index (χ2v) is 8.18. The minimum Gasteiger partial charge on any atom is -0.492 e. The maximum absolute atomic E-state index is 12.9. The third kappa shape index (κ3) is 5.51. The van der Waals surface area contributed by atoms with Crippen molar-refractivity contribution in [2.45, 2.75) is 24.7 Å². The minimum atomic E-state index is -3.73. The molecule has 6 nitrogen and oxygen atoms in total. The molecule has 0 radical (unpaired) electrons. The molecule has 1 amide bonds. The van der Waals surface area contributed by atoms with Gasteiger partial charge in [-0.3, -0.25) is 4.79 Å². The maximum Gasteiger partial charge on any atom is 0.246 e. The van der Waals surface area contributed by atoms with Crippen molar-refractivity contribution in [1.82, 2.24) is 4.31 Å². The van der Waals surface area contributed by atoms with E-state index >= 15 is 0 Å². The van der Waals surface area contributed by atoms with Crippen molar-refractivity contribution in [3.63, 3.8) is 0 Å². The van der Waals surface area contributed by atoms with Gasteiger partial charge in [-0.2, -0.15) is 0 Å². The highest BCUT2D eigenvalue weighted by atomic mass is 32.2. The molecule has 0 fully saturated rings. The van der Waals surface area contributed by atoms with Crippen molar-refractivity contribution in [1.29, 1.82) is 0 Å². The van der Waals surface area contributed by atoms with Gasteiger partial charge in [0.15, 0.2) is 0 Å². The number of carbonyl (C=O) groups excluding carboxylic acids is 1. The summed E-state index contributed by atoms with van der Waals surface area (Å²) in [6, 6.07) is 10.4. The van der Waals surface area contributed by atoms with E-state index in [-0.39, 0.29) is 28.8 Å². The molecule has 0 bridgehead atoms. The van der Waals surface area contributed by atoms with Crippen LogP contribution in [0.4, 0.5) is 10.1 Å². The summed E-state index contributed by atoms with van der Waals surface area (Å²) in [7, 11) is -0.867. The minimum absolute atomic E-state index is 0.00863. The van der Waals surface area contributed by atoms with Crippen LogP contribution in [0.25, 0.3) is 0 Å². The monoisotopic (exact) mass is 394 g/mol. The fraction of sp³-hybridized carbons (Fsp3) is 0.316. The van der Waals surface area contributed by atoms with Gasteiger partial charge >= 0.3 is 0 Å². The van der Waals surface area contributed by atoms with E-state index in [0.717, 1.165) is 9.87 Å². The maximum atomic E-state index is 12.9. The molecule has 27 heavy (non-hydrogen) atoms. The highest BCUT2D eigenvalue weighted by molar-refractivity contribution is 7.89. The first-order valence-corrected chi connectivity index (χ1v) is 9.91. The van der Waals surface area contributed by atoms with E-state index in [1.54, 1.807) is 25.1 Å². The molecule has 0 atom stereocenters. The number of benzene rings is 2. The Kier molecular flexibility index (Phi) is 6.92. The van der Waals surface area contributed by atoms with Gasteiger partial charge in [0.05, 0.1) is 6.61 Å². The zero-order valence-corrected chi connectivity index (χ0v) is 16.3. The standard InChI is InChI=1S/C19H23FN2O4S/c1-4-26-17-11-10-16(13-18(17)27(24,25)22(2)3)21-19(23)12-7-14-5-8-15(20)9-6-14/h5-6,8-11,13H,4,7,12H2,1-3H3,(H,21,23). The first-order chi connectivity index (χ1) is 12.7. The number of anilines is 1. The Hall–Kier alpha value is -2.45. The van der Waals surface area contributed by atoms with Crippen LogP contribution in [-0.4, -0.2) is 39.3 Å². The Morgan fingerprint density at radius 2 is 1.81 bits per heavy atom. The second kappa shape index (κ2) is 8.96. The molecule has 0 aliphatic heterocycles. The number of halogens is 1. The first kappa shape index (κ1) is 20.9. The molecule has 2 aromatic carbocycles. The van der Waals surface area contributed by atoms with Crippen molar-refractivity contribution in [2.24, 2.45) is 0 Å². The molecule has 0 aromatic heterocycles. The van der Waals surface area contributed by atoms with E-state index in [4.69, 9.17) is 4.74 Å². The van der Waals surface area contributed by atoms with Crippen LogP contribution < -0.4 is 10.1 Å². The highest BCUT2D eigenvalue weighted by Gasteiger charge is 2.23. The number of amides is 1. The van der Waals surface area contributed by atoms with Crippen molar-refractivity contribution < 1.29 is 22.3 Å². The molecule has 0 aliphatic rings. The van der Waals surface area contributed by atoms with Crippen LogP contribution in [0.15, 0.2) is 47.4 Å². The molecule has 0 unspecified atom stereocenters. The zero-order valence-electron chi connectivity index (χ0n) is 15.5. The topological polar surface area (TPSA) is 75.7 Å². The van der Waals surface area contributed by atoms with E-state index < -0.39 is 10.0 Å². The van der Waals surface area contributed by atoms with Crippen LogP contribution in [0.5, 0.6) is 5.75 Å². The predicted molar refractivity (Wildman–Crippen MR) is 102 cm³/mol. The molecule has 0 spiro atoms. The summed E-state index contributed by atoms with van der Waals surface area (Å²) >= 11 is 0. The van der Waals surface area contributed by atoms with Gasteiger partial charge in [-0.25, -0.2) is 17.1 Å². The summed E-state index contributed by atoms with van der Waals surface area (Å²) in [4.78, 5) is 12.2. The van der Waals surface area contributed by atoms with Gasteiger partial charge in [0.2, 0.25) is 15.9 Å². The summed E-state index contributed by atoms with van der Waals surface area (Å²) in [6.07, 6.45) is 0.639. The number of rotatable bonds is 8. The number of nitrogens with one attached hydrogen (secondary N) is 1. The molecule has 8 heteroatoms. The van der Waals surface area contributed by atoms with Crippen LogP contribution in [0.2, 0.25) is 0 Å². The van der Waals surface area contributed by atoms with Gasteiger partial charge in [0.1, 0.15) is 16.5 Å².